The lowest BCUT2D eigenvalue weighted by molar-refractivity contribution is -0.110. The number of morpholine rings is 1. The summed E-state index contributed by atoms with van der Waals surface area (Å²) in [5.41, 5.74) is 6.33. The highest BCUT2D eigenvalue weighted by Crippen LogP contribution is 2.37. The van der Waals surface area contributed by atoms with E-state index in [4.69, 9.17) is 15.9 Å². The van der Waals surface area contributed by atoms with Gasteiger partial charge in [-0.1, -0.05) is 26.0 Å². The molecule has 1 aromatic carbocycles. The molecule has 6 nitrogen and oxygen atoms in total. The van der Waals surface area contributed by atoms with E-state index in [0.717, 1.165) is 18.5 Å². The minimum absolute atomic E-state index is 0.0213. The number of ether oxygens (including phenoxy) is 1. The van der Waals surface area contributed by atoms with Crippen molar-refractivity contribution in [2.24, 2.45) is 11.7 Å². The van der Waals surface area contributed by atoms with Crippen LogP contribution in [-0.2, 0) is 9.53 Å². The van der Waals surface area contributed by atoms with Crippen LogP contribution < -0.4 is 16.4 Å². The molecule has 0 radical (unpaired) electrons. The number of halogens is 1. The van der Waals surface area contributed by atoms with E-state index in [1.807, 2.05) is 26.0 Å². The third-order valence-electron chi connectivity index (χ3n) is 4.68. The van der Waals surface area contributed by atoms with Crippen molar-refractivity contribution in [3.8, 4) is 0 Å². The number of allylic oxidation sites excluding steroid dienone is 1. The summed E-state index contributed by atoms with van der Waals surface area (Å²) in [5, 5.41) is 13.7. The van der Waals surface area contributed by atoms with Crippen LogP contribution in [0.4, 0.5) is 10.1 Å². The van der Waals surface area contributed by atoms with Crippen LogP contribution in [0.25, 0.3) is 0 Å². The van der Waals surface area contributed by atoms with Crippen molar-refractivity contribution in [1.82, 2.24) is 5.32 Å². The molecule has 2 aliphatic heterocycles. The first-order chi connectivity index (χ1) is 12.3. The minimum atomic E-state index is -0.964. The molecule has 3 rings (SSSR count). The van der Waals surface area contributed by atoms with Crippen molar-refractivity contribution in [1.29, 1.82) is 5.41 Å². The van der Waals surface area contributed by atoms with Gasteiger partial charge >= 0.3 is 0 Å². The molecule has 2 bridgehead atoms. The molecule has 0 aliphatic carbocycles. The highest BCUT2D eigenvalue weighted by atomic mass is 19.1. The van der Waals surface area contributed by atoms with Crippen LogP contribution in [0.15, 0.2) is 35.8 Å². The third-order valence-corrected chi connectivity index (χ3v) is 4.68. The highest BCUT2D eigenvalue weighted by molar-refractivity contribution is 6.47. The van der Waals surface area contributed by atoms with Crippen LogP contribution in [0.1, 0.15) is 38.4 Å². The van der Waals surface area contributed by atoms with Gasteiger partial charge in [0.1, 0.15) is 0 Å². The van der Waals surface area contributed by atoms with Crippen molar-refractivity contribution >= 4 is 17.3 Å². The smallest absolute Gasteiger partial charge is 0.276 e. The Hall–Kier alpha value is -2.25. The number of anilines is 1. The van der Waals surface area contributed by atoms with Gasteiger partial charge in [-0.3, -0.25) is 10.2 Å². The summed E-state index contributed by atoms with van der Waals surface area (Å²) in [6.07, 6.45) is 1.61. The molecule has 2 aliphatic rings. The largest absolute Gasteiger partial charge is 0.400 e. The highest BCUT2D eigenvalue weighted by Gasteiger charge is 2.41. The number of amides is 1. The molecule has 7 heteroatoms. The maximum absolute atomic E-state index is 14.1. The average molecular weight is 360 g/mol. The van der Waals surface area contributed by atoms with Crippen LogP contribution in [0, 0.1) is 11.3 Å². The fraction of sp³-hybridized carbons (Fsp3) is 0.474. The summed E-state index contributed by atoms with van der Waals surface area (Å²) in [6.45, 7) is 4.68. The van der Waals surface area contributed by atoms with E-state index in [1.54, 1.807) is 12.1 Å². The maximum atomic E-state index is 14.1. The van der Waals surface area contributed by atoms with Crippen LogP contribution in [-0.4, -0.2) is 30.3 Å². The molecule has 1 aromatic rings. The van der Waals surface area contributed by atoms with E-state index < -0.39 is 17.4 Å². The lowest BCUT2D eigenvalue weighted by Crippen LogP contribution is -2.34. The normalized spacial score (nSPS) is 25.3. The van der Waals surface area contributed by atoms with Crippen molar-refractivity contribution in [3.05, 3.63) is 41.4 Å². The molecule has 0 spiro atoms. The zero-order chi connectivity index (χ0) is 18.8. The summed E-state index contributed by atoms with van der Waals surface area (Å²) in [7, 11) is 0. The molecule has 140 valence electrons. The molecule has 0 aromatic heterocycles. The molecular weight excluding hydrogens is 335 g/mol. The fourth-order valence-electron chi connectivity index (χ4n) is 3.42. The van der Waals surface area contributed by atoms with Crippen molar-refractivity contribution in [2.75, 3.05) is 11.9 Å². The number of rotatable bonds is 6. The third kappa shape index (κ3) is 3.94. The Morgan fingerprint density at radius 2 is 2.12 bits per heavy atom. The van der Waals surface area contributed by atoms with Gasteiger partial charge in [0.15, 0.2) is 11.5 Å². The Labute approximate surface area is 152 Å². The summed E-state index contributed by atoms with van der Waals surface area (Å²) in [5.74, 6) is -1.64. The second-order valence-electron chi connectivity index (χ2n) is 7.32. The summed E-state index contributed by atoms with van der Waals surface area (Å²) in [4.78, 5) is 12.1. The first-order valence-electron chi connectivity index (χ1n) is 8.88. The van der Waals surface area contributed by atoms with Crippen LogP contribution in [0.3, 0.4) is 0 Å². The Morgan fingerprint density at radius 3 is 2.65 bits per heavy atom. The zero-order valence-corrected chi connectivity index (χ0v) is 15.0. The molecule has 0 saturated carbocycles. The predicted molar refractivity (Wildman–Crippen MR) is 98.6 cm³/mol. The minimum Gasteiger partial charge on any atom is -0.400 e. The first kappa shape index (κ1) is 18.5. The summed E-state index contributed by atoms with van der Waals surface area (Å²) in [6, 6.07) is 7.55. The monoisotopic (exact) mass is 360 g/mol. The van der Waals surface area contributed by atoms with Gasteiger partial charge in [0.05, 0.1) is 12.2 Å². The maximum Gasteiger partial charge on any atom is 0.276 e. The Bertz CT molecular complexity index is 730. The second kappa shape index (κ2) is 7.55. The van der Waals surface area contributed by atoms with Gasteiger partial charge in [0.2, 0.25) is 0 Å². The lowest BCUT2D eigenvalue weighted by atomic mass is 10.0. The van der Waals surface area contributed by atoms with Crippen molar-refractivity contribution in [3.63, 3.8) is 0 Å². The summed E-state index contributed by atoms with van der Waals surface area (Å²) >= 11 is 0. The van der Waals surface area contributed by atoms with Crippen LogP contribution >= 0.6 is 0 Å². The number of hydrogen-bond donors (Lipinski definition) is 4. The number of fused-ring (bicyclic) bond motifs is 2. The molecule has 2 heterocycles. The molecular formula is C19H25FN4O2. The quantitative estimate of drug-likeness (QED) is 0.586. The van der Waals surface area contributed by atoms with Gasteiger partial charge in [0.25, 0.3) is 5.91 Å². The number of carbonyl (C=O) groups is 1. The number of carbonyl (C=O) groups excluding carboxylic acids is 1. The van der Waals surface area contributed by atoms with Crippen LogP contribution in [0.2, 0.25) is 0 Å². The molecule has 0 unspecified atom stereocenters. The van der Waals surface area contributed by atoms with Gasteiger partial charge < -0.3 is 21.1 Å². The van der Waals surface area contributed by atoms with Crippen LogP contribution in [0.5, 0.6) is 0 Å². The van der Waals surface area contributed by atoms with Gasteiger partial charge in [-0.25, -0.2) is 4.39 Å². The first-order valence-corrected chi connectivity index (χ1v) is 8.88. The molecule has 26 heavy (non-hydrogen) atoms. The molecule has 3 atom stereocenters. The number of hydrogen-bond acceptors (Lipinski definition) is 5. The lowest BCUT2D eigenvalue weighted by Gasteiger charge is -2.23. The van der Waals surface area contributed by atoms with E-state index >= 15 is 0 Å². The standard InChI is InChI=1S/C19H25FN4O2/c1-10(2)7-14(21)16(20)17(22)19(25)24-12-5-3-11(4-6-12)18-15-8-13(26-18)9-23-15/h3-6,10,13,15,18,22-23H,7-9,21H2,1-2H3,(H,24,25)/t13-,15-,18+/m1/s1. The predicted octanol–water partition coefficient (Wildman–Crippen LogP) is 2.63. The topological polar surface area (TPSA) is 100 Å². The molecule has 2 fully saturated rings. The SMILES string of the molecule is CC(C)CC(N)=C(F)C(=N)C(=O)Nc1ccc([C@@H]2O[C@H]3CN[C@@H]2C3)cc1. The Morgan fingerprint density at radius 1 is 1.42 bits per heavy atom. The Kier molecular flexibility index (Phi) is 5.38. The van der Waals surface area contributed by atoms with Gasteiger partial charge in [-0.15, -0.1) is 0 Å². The molecule has 2 saturated heterocycles. The van der Waals surface area contributed by atoms with Gasteiger partial charge in [0, 0.05) is 24.0 Å². The summed E-state index contributed by atoms with van der Waals surface area (Å²) < 4.78 is 20.0. The number of nitrogens with one attached hydrogen (secondary N) is 3. The average Bonchev–Trinajstić information content (AvgIpc) is 3.23. The fourth-order valence-corrected chi connectivity index (χ4v) is 3.42. The zero-order valence-electron chi connectivity index (χ0n) is 15.0. The number of nitrogens with two attached hydrogens (primary N) is 1. The van der Waals surface area contributed by atoms with E-state index in [-0.39, 0.29) is 23.8 Å². The molecule has 1 amide bonds. The Balaban J connectivity index is 1.62. The van der Waals surface area contributed by atoms with E-state index in [9.17, 15) is 9.18 Å². The van der Waals surface area contributed by atoms with E-state index in [2.05, 4.69) is 10.6 Å². The van der Waals surface area contributed by atoms with Gasteiger partial charge in [-0.05, 0) is 36.5 Å². The van der Waals surface area contributed by atoms with E-state index in [0.29, 0.717) is 18.2 Å². The molecule has 5 N–H and O–H groups in total. The number of benzene rings is 1. The van der Waals surface area contributed by atoms with Crippen molar-refractivity contribution < 1.29 is 13.9 Å². The van der Waals surface area contributed by atoms with Gasteiger partial charge in [-0.2, -0.15) is 0 Å². The van der Waals surface area contributed by atoms with E-state index in [1.165, 1.54) is 0 Å². The van der Waals surface area contributed by atoms with Crippen molar-refractivity contribution in [2.45, 2.75) is 44.9 Å². The second-order valence-corrected chi connectivity index (χ2v) is 7.32.